The van der Waals surface area contributed by atoms with Gasteiger partial charge in [0, 0.05) is 52.6 Å². The molecule has 4 aromatic rings. The summed E-state index contributed by atoms with van der Waals surface area (Å²) in [6, 6.07) is 14.9. The first kappa shape index (κ1) is 24.1. The van der Waals surface area contributed by atoms with E-state index in [1.54, 1.807) is 12.1 Å². The van der Waals surface area contributed by atoms with Crippen molar-refractivity contribution in [1.29, 1.82) is 0 Å². The second kappa shape index (κ2) is 9.89. The van der Waals surface area contributed by atoms with Gasteiger partial charge < -0.3 is 9.64 Å². The van der Waals surface area contributed by atoms with Crippen molar-refractivity contribution < 1.29 is 13.3 Å². The summed E-state index contributed by atoms with van der Waals surface area (Å²) < 4.78 is 33.8. The van der Waals surface area contributed by atoms with Crippen molar-refractivity contribution >= 4 is 22.1 Å². The largest absolute Gasteiger partial charge is 0.437 e. The molecule has 2 aromatic heterocycles. The molecule has 0 amide bonds. The van der Waals surface area contributed by atoms with Gasteiger partial charge in [-0.15, -0.1) is 5.10 Å². The zero-order valence-electron chi connectivity index (χ0n) is 21.2. The summed E-state index contributed by atoms with van der Waals surface area (Å²) in [6.45, 7) is 5.10. The molecule has 1 aliphatic heterocycles. The van der Waals surface area contributed by atoms with E-state index in [9.17, 15) is 8.60 Å². The Morgan fingerprint density at radius 2 is 1.86 bits per heavy atom. The number of imidazole rings is 1. The van der Waals surface area contributed by atoms with E-state index in [0.29, 0.717) is 23.6 Å². The van der Waals surface area contributed by atoms with Gasteiger partial charge in [-0.3, -0.25) is 4.21 Å². The minimum absolute atomic E-state index is 0.355. The number of hydrogen-bond donors (Lipinski definition) is 0. The highest BCUT2D eigenvalue weighted by Gasteiger charge is 2.34. The topological polar surface area (TPSA) is 59.7 Å². The van der Waals surface area contributed by atoms with E-state index in [1.165, 1.54) is 23.3 Å². The first-order valence-electron chi connectivity index (χ1n) is 13.0. The average molecular weight is 519 g/mol. The molecule has 0 bridgehead atoms. The molecule has 1 aliphatic carbocycles. The molecule has 2 fully saturated rings. The van der Waals surface area contributed by atoms with Crippen molar-refractivity contribution in [3.05, 3.63) is 71.7 Å². The fourth-order valence-electron chi connectivity index (χ4n) is 5.07. The second-order valence-electron chi connectivity index (χ2n) is 10.3. The van der Waals surface area contributed by atoms with Crippen molar-refractivity contribution in [1.82, 2.24) is 14.6 Å². The summed E-state index contributed by atoms with van der Waals surface area (Å²) in [6.07, 6.45) is 6.10. The van der Waals surface area contributed by atoms with Crippen LogP contribution in [-0.4, -0.2) is 42.9 Å². The van der Waals surface area contributed by atoms with Crippen LogP contribution in [0.2, 0.25) is 0 Å². The first-order chi connectivity index (χ1) is 17.9. The molecular weight excluding hydrogens is 487 g/mol. The maximum absolute atomic E-state index is 13.9. The van der Waals surface area contributed by atoms with E-state index in [0.717, 1.165) is 66.3 Å². The molecule has 37 heavy (non-hydrogen) atoms. The smallest absolute Gasteiger partial charge is 0.239 e. The maximum atomic E-state index is 13.9. The van der Waals surface area contributed by atoms with Gasteiger partial charge in [-0.25, -0.2) is 13.9 Å². The number of nitrogens with zero attached hydrogens (tertiary/aromatic N) is 4. The quantitative estimate of drug-likeness (QED) is 0.297. The lowest BCUT2D eigenvalue weighted by molar-refractivity contribution is 0.446. The maximum Gasteiger partial charge on any atom is 0.239 e. The number of aryl methyl sites for hydroxylation is 2. The van der Waals surface area contributed by atoms with E-state index in [2.05, 4.69) is 36.9 Å². The van der Waals surface area contributed by atoms with Crippen molar-refractivity contribution in [2.24, 2.45) is 5.92 Å². The predicted octanol–water partition coefficient (Wildman–Crippen LogP) is 6.07. The fraction of sp³-hybridized carbons (Fsp3) is 0.379. The van der Waals surface area contributed by atoms with E-state index in [1.807, 2.05) is 16.8 Å². The summed E-state index contributed by atoms with van der Waals surface area (Å²) in [5.74, 6) is 2.50. The van der Waals surface area contributed by atoms with Crippen LogP contribution < -0.4 is 9.64 Å². The van der Waals surface area contributed by atoms with Crippen molar-refractivity contribution in [2.45, 2.75) is 45.6 Å². The highest BCUT2D eigenvalue weighted by molar-refractivity contribution is 7.85. The lowest BCUT2D eigenvalue weighted by atomic mass is 10.0. The fourth-order valence-corrected chi connectivity index (χ4v) is 6.47. The highest BCUT2D eigenvalue weighted by Crippen LogP contribution is 2.38. The number of fused-ring (bicyclic) bond motifs is 1. The molecule has 3 heterocycles. The van der Waals surface area contributed by atoms with Crippen LogP contribution in [0, 0.1) is 25.6 Å². The van der Waals surface area contributed by atoms with E-state index < -0.39 is 10.8 Å². The van der Waals surface area contributed by atoms with Crippen LogP contribution in [0.3, 0.4) is 0 Å². The zero-order chi connectivity index (χ0) is 25.5. The van der Waals surface area contributed by atoms with Crippen LogP contribution in [0.1, 0.15) is 36.8 Å². The van der Waals surface area contributed by atoms with Crippen molar-refractivity contribution in [2.75, 3.05) is 23.0 Å². The summed E-state index contributed by atoms with van der Waals surface area (Å²) in [7, 11) is -0.683. The monoisotopic (exact) mass is 518 g/mol. The Hall–Kier alpha value is -3.26. The van der Waals surface area contributed by atoms with Gasteiger partial charge in [-0.05, 0) is 74.8 Å². The molecule has 192 valence electrons. The Kier molecular flexibility index (Phi) is 6.44. The third kappa shape index (κ3) is 5.12. The number of ether oxygens (including phenoxy) is 1. The van der Waals surface area contributed by atoms with Gasteiger partial charge in [0.25, 0.3) is 0 Å². The Morgan fingerprint density at radius 1 is 1.05 bits per heavy atom. The lowest BCUT2D eigenvalue weighted by Crippen LogP contribution is -2.35. The van der Waals surface area contributed by atoms with Crippen molar-refractivity contribution in [3.63, 3.8) is 0 Å². The first-order valence-corrected chi connectivity index (χ1v) is 14.4. The molecule has 1 saturated carbocycles. The Bertz CT molecular complexity index is 1470. The molecule has 6 nitrogen and oxygen atoms in total. The molecule has 2 aromatic carbocycles. The van der Waals surface area contributed by atoms with Crippen LogP contribution in [-0.2, 0) is 10.8 Å². The number of halogens is 1. The highest BCUT2D eigenvalue weighted by atomic mass is 32.2. The Labute approximate surface area is 218 Å². The molecule has 0 atom stereocenters. The summed E-state index contributed by atoms with van der Waals surface area (Å²) >= 11 is 0. The van der Waals surface area contributed by atoms with Gasteiger partial charge in [0.1, 0.15) is 11.6 Å². The molecule has 0 radical (unpaired) electrons. The molecule has 2 aliphatic rings. The van der Waals surface area contributed by atoms with Crippen LogP contribution in [0.4, 0.5) is 10.1 Å². The third-order valence-corrected chi connectivity index (χ3v) is 8.89. The number of benzene rings is 2. The van der Waals surface area contributed by atoms with Crippen LogP contribution in [0.25, 0.3) is 16.9 Å². The molecule has 0 N–H and O–H groups in total. The van der Waals surface area contributed by atoms with E-state index >= 15 is 0 Å². The minimum Gasteiger partial charge on any atom is -0.437 e. The molecule has 8 heteroatoms. The Morgan fingerprint density at radius 3 is 2.59 bits per heavy atom. The minimum atomic E-state index is -0.683. The molecule has 0 spiro atoms. The van der Waals surface area contributed by atoms with E-state index in [4.69, 9.17) is 14.8 Å². The van der Waals surface area contributed by atoms with Crippen LogP contribution in [0.5, 0.6) is 11.6 Å². The summed E-state index contributed by atoms with van der Waals surface area (Å²) in [5, 5.41) is 4.81. The molecular formula is C29H31FN4O2S. The number of rotatable bonds is 7. The molecule has 6 rings (SSSR count). The second-order valence-corrected chi connectivity index (χ2v) is 12.0. The van der Waals surface area contributed by atoms with Gasteiger partial charge in [0.05, 0.1) is 17.6 Å². The normalized spacial score (nSPS) is 19.8. The molecule has 1 saturated heterocycles. The van der Waals surface area contributed by atoms with Gasteiger partial charge in [-0.2, -0.15) is 0 Å². The SMILES string of the molecule is Cc1ccc(-c2cnc3c(N(CC4CCS(=O)CC4)C4CC4)cc(Oc4cccc(F)c4)nn23)cc1C. The van der Waals surface area contributed by atoms with Gasteiger partial charge in [0.2, 0.25) is 5.88 Å². The molecule has 0 unspecified atom stereocenters. The number of hydrogen-bond acceptors (Lipinski definition) is 5. The summed E-state index contributed by atoms with van der Waals surface area (Å²) in [5.41, 5.74) is 6.11. The lowest BCUT2D eigenvalue weighted by Gasteiger charge is -2.31. The van der Waals surface area contributed by atoms with Gasteiger partial charge >= 0.3 is 0 Å². The Balaban J connectivity index is 1.45. The van der Waals surface area contributed by atoms with Crippen LogP contribution >= 0.6 is 0 Å². The van der Waals surface area contributed by atoms with Crippen molar-refractivity contribution in [3.8, 4) is 22.9 Å². The summed E-state index contributed by atoms with van der Waals surface area (Å²) in [4.78, 5) is 7.29. The number of anilines is 1. The van der Waals surface area contributed by atoms with Crippen LogP contribution in [0.15, 0.2) is 54.7 Å². The predicted molar refractivity (Wildman–Crippen MR) is 145 cm³/mol. The standard InChI is InChI=1S/C29H31FN4O2S/c1-19-6-7-22(14-20(19)2)27-17-31-29-26(33(24-8-9-24)18-21-10-12-37(35)13-11-21)16-28(32-34(27)29)36-25-5-3-4-23(30)15-25/h3-7,14-17,21,24H,8-13,18H2,1-2H3. The average Bonchev–Trinajstić information content (AvgIpc) is 3.64. The third-order valence-electron chi connectivity index (χ3n) is 7.51. The van der Waals surface area contributed by atoms with Gasteiger partial charge in [0.15, 0.2) is 5.65 Å². The van der Waals surface area contributed by atoms with Gasteiger partial charge in [-0.1, -0.05) is 18.2 Å². The van der Waals surface area contributed by atoms with E-state index in [-0.39, 0.29) is 5.82 Å². The number of aromatic nitrogens is 3. The zero-order valence-corrected chi connectivity index (χ0v) is 22.0.